The lowest BCUT2D eigenvalue weighted by Crippen LogP contribution is -2.28. The summed E-state index contributed by atoms with van der Waals surface area (Å²) >= 11 is 5.77. The Kier molecular flexibility index (Phi) is 3.94. The molecule has 0 aliphatic carbocycles. The third-order valence-electron chi connectivity index (χ3n) is 2.39. The third-order valence-corrected chi connectivity index (χ3v) is 2.59. The molecule has 2 heterocycles. The van der Waals surface area contributed by atoms with Crippen LogP contribution in [0.4, 0.5) is 0 Å². The molecule has 0 saturated heterocycles. The lowest BCUT2D eigenvalue weighted by molar-refractivity contribution is 0.0536. The fraction of sp³-hybridized carbons (Fsp3) is 0.0833. The molecule has 0 aliphatic rings. The fourth-order valence-corrected chi connectivity index (χ4v) is 1.71. The number of hydroxylamine groups is 1. The van der Waals surface area contributed by atoms with Gasteiger partial charge in [0.05, 0.1) is 7.11 Å². The number of H-pyrrole nitrogens is 1. The number of amides is 1. The van der Waals surface area contributed by atoms with E-state index in [2.05, 4.69) is 20.3 Å². The van der Waals surface area contributed by atoms with E-state index in [4.69, 9.17) is 11.6 Å². The molecular weight excluding hydrogens is 270 g/mol. The third kappa shape index (κ3) is 2.98. The van der Waals surface area contributed by atoms with Crippen molar-refractivity contribution in [2.24, 2.45) is 0 Å². The second kappa shape index (κ2) is 5.64. The van der Waals surface area contributed by atoms with Gasteiger partial charge in [0.2, 0.25) is 0 Å². The zero-order chi connectivity index (χ0) is 13.8. The smallest absolute Gasteiger partial charge is 0.280 e. The Morgan fingerprint density at radius 1 is 1.42 bits per heavy atom. The van der Waals surface area contributed by atoms with Crippen LogP contribution in [0.3, 0.4) is 0 Å². The molecule has 0 saturated carbocycles. The molecule has 6 nitrogen and oxygen atoms in total. The molecule has 7 heteroatoms. The maximum Gasteiger partial charge on any atom is 0.280 e. The van der Waals surface area contributed by atoms with Crippen molar-refractivity contribution >= 4 is 17.5 Å². The van der Waals surface area contributed by atoms with Gasteiger partial charge >= 0.3 is 0 Å². The van der Waals surface area contributed by atoms with Crippen LogP contribution >= 0.6 is 11.6 Å². The molecule has 2 N–H and O–H groups in total. The SMILES string of the molecule is CONC(=O)c1ccc(-c2ccnc(Cl)c2)[nH]c1=O. The van der Waals surface area contributed by atoms with Crippen LogP contribution in [-0.2, 0) is 4.84 Å². The van der Waals surface area contributed by atoms with Crippen molar-refractivity contribution in [2.45, 2.75) is 0 Å². The molecule has 19 heavy (non-hydrogen) atoms. The number of nitrogens with one attached hydrogen (secondary N) is 2. The average Bonchev–Trinajstić information content (AvgIpc) is 2.38. The maximum absolute atomic E-state index is 11.8. The van der Waals surface area contributed by atoms with Crippen LogP contribution in [0.15, 0.2) is 35.3 Å². The van der Waals surface area contributed by atoms with Gasteiger partial charge in [-0.1, -0.05) is 11.6 Å². The monoisotopic (exact) mass is 279 g/mol. The largest absolute Gasteiger partial charge is 0.321 e. The number of halogens is 1. The minimum atomic E-state index is -0.608. The van der Waals surface area contributed by atoms with Gasteiger partial charge in [-0.3, -0.25) is 14.4 Å². The standard InChI is InChI=1S/C12H10ClN3O3/c1-19-16-12(18)8-2-3-9(15-11(8)17)7-4-5-14-10(13)6-7/h2-6H,1H3,(H,15,17)(H,16,18). The number of carbonyl (C=O) groups is 1. The van der Waals surface area contributed by atoms with Crippen LogP contribution in [-0.4, -0.2) is 23.0 Å². The maximum atomic E-state index is 11.8. The van der Waals surface area contributed by atoms with E-state index < -0.39 is 11.5 Å². The number of nitrogens with zero attached hydrogens (tertiary/aromatic N) is 1. The molecular formula is C12H10ClN3O3. The Morgan fingerprint density at radius 2 is 2.21 bits per heavy atom. The molecule has 1 amide bonds. The molecule has 2 rings (SSSR count). The van der Waals surface area contributed by atoms with Crippen LogP contribution < -0.4 is 11.0 Å². The molecule has 2 aromatic rings. The molecule has 0 bridgehead atoms. The van der Waals surface area contributed by atoms with E-state index in [0.29, 0.717) is 16.4 Å². The first-order valence-corrected chi connectivity index (χ1v) is 5.68. The Labute approximate surface area is 113 Å². The number of pyridine rings is 2. The summed E-state index contributed by atoms with van der Waals surface area (Å²) in [5.74, 6) is -0.608. The molecule has 0 aliphatic heterocycles. The number of aromatic amines is 1. The minimum Gasteiger partial charge on any atom is -0.321 e. The number of carbonyl (C=O) groups excluding carboxylic acids is 1. The Balaban J connectivity index is 2.39. The summed E-state index contributed by atoms with van der Waals surface area (Å²) in [6.07, 6.45) is 1.53. The second-order valence-electron chi connectivity index (χ2n) is 3.62. The number of aromatic nitrogens is 2. The van der Waals surface area contributed by atoms with Crippen LogP contribution in [0, 0.1) is 0 Å². The molecule has 0 spiro atoms. The molecule has 98 valence electrons. The predicted molar refractivity (Wildman–Crippen MR) is 69.8 cm³/mol. The molecule has 0 atom stereocenters. The summed E-state index contributed by atoms with van der Waals surface area (Å²) in [7, 11) is 1.29. The molecule has 2 aromatic heterocycles. The Bertz CT molecular complexity index is 669. The van der Waals surface area contributed by atoms with Crippen LogP contribution in [0.25, 0.3) is 11.3 Å². The topological polar surface area (TPSA) is 84.1 Å². The highest BCUT2D eigenvalue weighted by Crippen LogP contribution is 2.18. The van der Waals surface area contributed by atoms with Gasteiger partial charge < -0.3 is 4.98 Å². The Hall–Kier alpha value is -2.18. The highest BCUT2D eigenvalue weighted by atomic mass is 35.5. The second-order valence-corrected chi connectivity index (χ2v) is 4.00. The average molecular weight is 280 g/mol. The van der Waals surface area contributed by atoms with Gasteiger partial charge in [-0.2, -0.15) is 0 Å². The highest BCUT2D eigenvalue weighted by molar-refractivity contribution is 6.29. The van der Waals surface area contributed by atoms with Crippen molar-refractivity contribution in [3.05, 3.63) is 51.5 Å². The minimum absolute atomic E-state index is 0.0363. The lowest BCUT2D eigenvalue weighted by atomic mass is 10.1. The normalized spacial score (nSPS) is 10.2. The summed E-state index contributed by atoms with van der Waals surface area (Å²) in [5, 5.41) is 0.319. The first kappa shape index (κ1) is 13.3. The van der Waals surface area contributed by atoms with E-state index in [1.54, 1.807) is 18.2 Å². The summed E-state index contributed by atoms with van der Waals surface area (Å²) < 4.78 is 0. The van der Waals surface area contributed by atoms with E-state index in [9.17, 15) is 9.59 Å². The first-order chi connectivity index (χ1) is 9.11. The summed E-state index contributed by atoms with van der Waals surface area (Å²) in [4.78, 5) is 34.2. The summed E-state index contributed by atoms with van der Waals surface area (Å²) in [6.45, 7) is 0. The summed E-state index contributed by atoms with van der Waals surface area (Å²) in [6, 6.07) is 6.34. The van der Waals surface area contributed by atoms with E-state index in [1.807, 2.05) is 0 Å². The van der Waals surface area contributed by atoms with Gasteiger partial charge in [0.1, 0.15) is 10.7 Å². The van der Waals surface area contributed by atoms with Crippen molar-refractivity contribution in [3.8, 4) is 11.3 Å². The number of hydrogen-bond donors (Lipinski definition) is 2. The van der Waals surface area contributed by atoms with Gasteiger partial charge in [0.15, 0.2) is 0 Å². The van der Waals surface area contributed by atoms with Crippen LogP contribution in [0.2, 0.25) is 5.15 Å². The van der Waals surface area contributed by atoms with Crippen molar-refractivity contribution in [3.63, 3.8) is 0 Å². The van der Waals surface area contributed by atoms with Gasteiger partial charge in [-0.05, 0) is 24.3 Å². The molecule has 0 radical (unpaired) electrons. The zero-order valence-corrected chi connectivity index (χ0v) is 10.7. The van der Waals surface area contributed by atoms with Gasteiger partial charge in [0, 0.05) is 17.5 Å². The van der Waals surface area contributed by atoms with E-state index >= 15 is 0 Å². The fourth-order valence-electron chi connectivity index (χ4n) is 1.54. The van der Waals surface area contributed by atoms with Crippen molar-refractivity contribution < 1.29 is 9.63 Å². The lowest BCUT2D eigenvalue weighted by Gasteiger charge is -2.04. The van der Waals surface area contributed by atoms with Gasteiger partial charge in [-0.25, -0.2) is 10.5 Å². The Morgan fingerprint density at radius 3 is 2.84 bits per heavy atom. The quantitative estimate of drug-likeness (QED) is 0.657. The van der Waals surface area contributed by atoms with Crippen molar-refractivity contribution in [2.75, 3.05) is 7.11 Å². The molecule has 0 unspecified atom stereocenters. The van der Waals surface area contributed by atoms with Gasteiger partial charge in [0.25, 0.3) is 11.5 Å². The number of hydrogen-bond acceptors (Lipinski definition) is 4. The zero-order valence-electron chi connectivity index (χ0n) is 9.94. The van der Waals surface area contributed by atoms with E-state index in [-0.39, 0.29) is 5.56 Å². The first-order valence-electron chi connectivity index (χ1n) is 5.30. The van der Waals surface area contributed by atoms with Crippen LogP contribution in [0.1, 0.15) is 10.4 Å². The van der Waals surface area contributed by atoms with Crippen molar-refractivity contribution in [1.29, 1.82) is 0 Å². The summed E-state index contributed by atoms with van der Waals surface area (Å²) in [5.41, 5.74) is 2.78. The predicted octanol–water partition coefficient (Wildman–Crippen LogP) is 1.38. The molecule has 0 aromatic carbocycles. The number of rotatable bonds is 3. The van der Waals surface area contributed by atoms with Crippen LogP contribution in [0.5, 0.6) is 0 Å². The molecule has 0 fully saturated rings. The van der Waals surface area contributed by atoms with E-state index in [0.717, 1.165) is 0 Å². The van der Waals surface area contributed by atoms with Crippen molar-refractivity contribution in [1.82, 2.24) is 15.4 Å². The van der Waals surface area contributed by atoms with E-state index in [1.165, 1.54) is 19.4 Å². The van der Waals surface area contributed by atoms with Gasteiger partial charge in [-0.15, -0.1) is 0 Å². The highest BCUT2D eigenvalue weighted by Gasteiger charge is 2.11.